The number of aryl methyl sites for hydroxylation is 1. The first-order chi connectivity index (χ1) is 7.72. The first-order valence-electron chi connectivity index (χ1n) is 6.07. The zero-order chi connectivity index (χ0) is 13.6. The van der Waals surface area contributed by atoms with Gasteiger partial charge in [-0.15, -0.1) is 0 Å². The van der Waals surface area contributed by atoms with E-state index in [1.165, 1.54) is 6.42 Å². The molecule has 0 heterocycles. The first kappa shape index (κ1) is 15.7. The molecule has 0 fully saturated rings. The van der Waals surface area contributed by atoms with Gasteiger partial charge in [0.05, 0.1) is 5.56 Å². The topological polar surface area (TPSA) is 37.3 Å². The van der Waals surface area contributed by atoms with Crippen molar-refractivity contribution in [2.45, 2.75) is 53.4 Å². The molecule has 2 nitrogen and oxygen atoms in total. The van der Waals surface area contributed by atoms with Gasteiger partial charge in [0.2, 0.25) is 0 Å². The largest absolute Gasteiger partial charge is 0.478 e. The zero-order valence-corrected chi connectivity index (χ0v) is 11.8. The lowest BCUT2D eigenvalue weighted by atomic mass is 9.85. The van der Waals surface area contributed by atoms with Crippen molar-refractivity contribution < 1.29 is 9.90 Å². The van der Waals surface area contributed by atoms with Crippen LogP contribution in [0, 0.1) is 6.92 Å². The lowest BCUT2D eigenvalue weighted by Gasteiger charge is -2.20. The smallest absolute Gasteiger partial charge is 0.335 e. The van der Waals surface area contributed by atoms with E-state index < -0.39 is 5.97 Å². The molecule has 0 atom stereocenters. The molecule has 0 unspecified atom stereocenters. The van der Waals surface area contributed by atoms with E-state index in [4.69, 9.17) is 5.11 Å². The maximum absolute atomic E-state index is 10.8. The SMILES string of the molecule is CCC.Cc1cc(C(=O)O)cc(C(C)(C)C)c1. The minimum atomic E-state index is -0.862. The molecule has 0 aromatic heterocycles. The fourth-order valence-corrected chi connectivity index (χ4v) is 1.34. The molecule has 1 N–H and O–H groups in total. The highest BCUT2D eigenvalue weighted by molar-refractivity contribution is 5.88. The van der Waals surface area contributed by atoms with Gasteiger partial charge in [0.15, 0.2) is 0 Å². The number of rotatable bonds is 1. The van der Waals surface area contributed by atoms with Gasteiger partial charge in [-0.3, -0.25) is 0 Å². The highest BCUT2D eigenvalue weighted by Gasteiger charge is 2.16. The van der Waals surface area contributed by atoms with Gasteiger partial charge in [-0.25, -0.2) is 4.79 Å². The van der Waals surface area contributed by atoms with Gasteiger partial charge in [-0.05, 0) is 35.6 Å². The quantitative estimate of drug-likeness (QED) is 0.784. The molecule has 96 valence electrons. The minimum absolute atomic E-state index is 0.00375. The van der Waals surface area contributed by atoms with Crippen molar-refractivity contribution in [3.63, 3.8) is 0 Å². The summed E-state index contributed by atoms with van der Waals surface area (Å²) in [6.45, 7) is 12.4. The second-order valence-corrected chi connectivity index (χ2v) is 5.35. The lowest BCUT2D eigenvalue weighted by Crippen LogP contribution is -2.12. The van der Waals surface area contributed by atoms with Gasteiger partial charge >= 0.3 is 5.97 Å². The van der Waals surface area contributed by atoms with Crippen LogP contribution in [0.5, 0.6) is 0 Å². The van der Waals surface area contributed by atoms with Crippen LogP contribution >= 0.6 is 0 Å². The molecule has 1 aromatic carbocycles. The molecule has 0 saturated heterocycles. The number of hydrogen-bond acceptors (Lipinski definition) is 1. The third-order valence-corrected chi connectivity index (χ3v) is 2.19. The molecule has 0 spiro atoms. The fraction of sp³-hybridized carbons (Fsp3) is 0.533. The summed E-state index contributed by atoms with van der Waals surface area (Å²) in [6, 6.07) is 5.47. The molecule has 2 heteroatoms. The average molecular weight is 236 g/mol. The van der Waals surface area contributed by atoms with Crippen LogP contribution < -0.4 is 0 Å². The molecule has 0 bridgehead atoms. The Labute approximate surface area is 105 Å². The zero-order valence-electron chi connectivity index (χ0n) is 11.8. The van der Waals surface area contributed by atoms with Crippen LogP contribution in [-0.2, 0) is 5.41 Å². The van der Waals surface area contributed by atoms with E-state index in [2.05, 4.69) is 34.6 Å². The van der Waals surface area contributed by atoms with Crippen molar-refractivity contribution in [2.24, 2.45) is 0 Å². The predicted molar refractivity (Wildman–Crippen MR) is 72.8 cm³/mol. The summed E-state index contributed by atoms with van der Waals surface area (Å²) in [6.07, 6.45) is 1.25. The van der Waals surface area contributed by atoms with Gasteiger partial charge in [0.1, 0.15) is 0 Å². The van der Waals surface area contributed by atoms with Gasteiger partial charge in [-0.2, -0.15) is 0 Å². The van der Waals surface area contributed by atoms with Crippen LogP contribution in [0.4, 0.5) is 0 Å². The third kappa shape index (κ3) is 5.53. The van der Waals surface area contributed by atoms with Crippen molar-refractivity contribution in [1.29, 1.82) is 0 Å². The van der Waals surface area contributed by atoms with E-state index in [9.17, 15) is 4.79 Å². The van der Waals surface area contributed by atoms with Crippen molar-refractivity contribution in [3.8, 4) is 0 Å². The normalized spacial score (nSPS) is 10.5. The molecule has 0 aliphatic heterocycles. The van der Waals surface area contributed by atoms with E-state index in [0.717, 1.165) is 11.1 Å². The summed E-state index contributed by atoms with van der Waals surface area (Å²) >= 11 is 0. The summed E-state index contributed by atoms with van der Waals surface area (Å²) in [5.41, 5.74) is 2.43. The summed E-state index contributed by atoms with van der Waals surface area (Å²) in [5.74, 6) is -0.862. The van der Waals surface area contributed by atoms with E-state index in [1.54, 1.807) is 12.1 Å². The van der Waals surface area contributed by atoms with Crippen LogP contribution in [-0.4, -0.2) is 11.1 Å². The van der Waals surface area contributed by atoms with Crippen molar-refractivity contribution in [1.82, 2.24) is 0 Å². The predicted octanol–water partition coefficient (Wildman–Crippen LogP) is 4.41. The number of carboxylic acids is 1. The first-order valence-corrected chi connectivity index (χ1v) is 6.07. The van der Waals surface area contributed by atoms with E-state index >= 15 is 0 Å². The number of carbonyl (C=O) groups is 1. The van der Waals surface area contributed by atoms with E-state index in [-0.39, 0.29) is 5.41 Å². The van der Waals surface area contributed by atoms with Gasteiger partial charge in [0.25, 0.3) is 0 Å². The lowest BCUT2D eigenvalue weighted by molar-refractivity contribution is 0.0696. The maximum Gasteiger partial charge on any atom is 0.335 e. The summed E-state index contributed by atoms with van der Waals surface area (Å²) in [7, 11) is 0. The maximum atomic E-state index is 10.8. The molecular weight excluding hydrogens is 212 g/mol. The van der Waals surface area contributed by atoms with Crippen molar-refractivity contribution in [2.75, 3.05) is 0 Å². The van der Waals surface area contributed by atoms with Crippen LogP contribution in [0.25, 0.3) is 0 Å². The fourth-order valence-electron chi connectivity index (χ4n) is 1.34. The molecule has 0 saturated carbocycles. The van der Waals surface area contributed by atoms with Crippen LogP contribution in [0.1, 0.15) is 62.5 Å². The summed E-state index contributed by atoms with van der Waals surface area (Å²) in [5, 5.41) is 8.90. The van der Waals surface area contributed by atoms with Gasteiger partial charge in [-0.1, -0.05) is 47.1 Å². The third-order valence-electron chi connectivity index (χ3n) is 2.19. The summed E-state index contributed by atoms with van der Waals surface area (Å²) < 4.78 is 0. The Balaban J connectivity index is 0.000000770. The van der Waals surface area contributed by atoms with Crippen LogP contribution in [0.3, 0.4) is 0 Å². The standard InChI is InChI=1S/C12H16O2.C3H8/c1-8-5-9(11(13)14)7-10(6-8)12(2,3)4;1-3-2/h5-7H,1-4H3,(H,13,14);3H2,1-2H3. The average Bonchev–Trinajstić information content (AvgIpc) is 2.16. The Morgan fingerprint density at radius 1 is 1.18 bits per heavy atom. The molecule has 1 aromatic rings. The Morgan fingerprint density at radius 3 is 2.00 bits per heavy atom. The molecular formula is C15H24O2. The molecule has 0 amide bonds. The molecule has 17 heavy (non-hydrogen) atoms. The number of hydrogen-bond donors (Lipinski definition) is 1. The number of benzene rings is 1. The van der Waals surface area contributed by atoms with Crippen molar-refractivity contribution >= 4 is 5.97 Å². The van der Waals surface area contributed by atoms with Crippen LogP contribution in [0.2, 0.25) is 0 Å². The van der Waals surface area contributed by atoms with Gasteiger partial charge in [0, 0.05) is 0 Å². The Kier molecular flexibility index (Phi) is 5.94. The molecule has 0 aliphatic carbocycles. The summed E-state index contributed by atoms with van der Waals surface area (Å²) in [4.78, 5) is 10.8. The Bertz CT molecular complexity index is 373. The second-order valence-electron chi connectivity index (χ2n) is 5.35. The second kappa shape index (κ2) is 6.43. The van der Waals surface area contributed by atoms with E-state index in [1.807, 2.05) is 13.0 Å². The van der Waals surface area contributed by atoms with Crippen LogP contribution in [0.15, 0.2) is 18.2 Å². The highest BCUT2D eigenvalue weighted by atomic mass is 16.4. The molecule has 1 rings (SSSR count). The number of carboxylic acid groups (broad SMARTS) is 1. The monoisotopic (exact) mass is 236 g/mol. The minimum Gasteiger partial charge on any atom is -0.478 e. The Morgan fingerprint density at radius 2 is 1.65 bits per heavy atom. The van der Waals surface area contributed by atoms with Gasteiger partial charge < -0.3 is 5.11 Å². The highest BCUT2D eigenvalue weighted by Crippen LogP contribution is 2.24. The molecule has 0 radical (unpaired) electrons. The number of aromatic carboxylic acids is 1. The van der Waals surface area contributed by atoms with E-state index in [0.29, 0.717) is 5.56 Å². The van der Waals surface area contributed by atoms with Crippen molar-refractivity contribution in [3.05, 3.63) is 34.9 Å². The molecule has 0 aliphatic rings. The Hall–Kier alpha value is -1.31.